The molecule has 0 aliphatic heterocycles. The van der Waals surface area contributed by atoms with E-state index in [9.17, 15) is 14.7 Å². The highest BCUT2D eigenvalue weighted by molar-refractivity contribution is 6.07. The van der Waals surface area contributed by atoms with Crippen LogP contribution in [0.4, 0.5) is 0 Å². The van der Waals surface area contributed by atoms with Crippen molar-refractivity contribution in [2.75, 3.05) is 6.61 Å². The van der Waals surface area contributed by atoms with Gasteiger partial charge in [0, 0.05) is 12.3 Å². The van der Waals surface area contributed by atoms with E-state index in [1.807, 2.05) is 6.92 Å². The molecule has 0 heterocycles. The lowest BCUT2D eigenvalue weighted by Gasteiger charge is -2.32. The number of allylic oxidation sites excluding steroid dienone is 4. The predicted molar refractivity (Wildman–Crippen MR) is 209 cm³/mol. The zero-order valence-corrected chi connectivity index (χ0v) is 32.7. The lowest BCUT2D eigenvalue weighted by molar-refractivity contribution is -0.178. The monoisotopic (exact) mass is 675 g/mol. The molecule has 0 bridgehead atoms. The number of esters is 1. The molecule has 0 aliphatic carbocycles. The average molecular weight is 675 g/mol. The Bertz CT molecular complexity index is 772. The molecule has 0 saturated carbocycles. The fourth-order valence-electron chi connectivity index (χ4n) is 6.72. The fraction of sp³-hybridized carbons (Fsp3) is 0.864. The Morgan fingerprint density at radius 1 is 0.542 bits per heavy atom. The molecule has 1 N–H and O–H groups in total. The summed E-state index contributed by atoms with van der Waals surface area (Å²) in [5.41, 5.74) is -2.01. The maximum Gasteiger partial charge on any atom is 0.346 e. The van der Waals surface area contributed by atoms with E-state index < -0.39 is 11.6 Å². The summed E-state index contributed by atoms with van der Waals surface area (Å²) in [6.07, 6.45) is 43.6. The standard InChI is InChI=1S/C44H82O4/c1-5-9-12-15-17-19-21-23-24-26-28-30-32-34-36-39-42(45)44(47,43(46)48-40-37-14-11-7-3)41(8-4)38-35-33-31-29-27-25-22-20-18-16-13-10-6-2/h17,19,23-24,41,47H,5-16,18,20-22,25-40H2,1-4H3/b19-17-,24-23-. The van der Waals surface area contributed by atoms with E-state index in [4.69, 9.17) is 4.74 Å². The molecule has 0 aliphatic rings. The Hall–Kier alpha value is -1.42. The summed E-state index contributed by atoms with van der Waals surface area (Å²) in [6.45, 7) is 8.95. The van der Waals surface area contributed by atoms with Crippen LogP contribution in [0.25, 0.3) is 0 Å². The molecule has 0 rings (SSSR count). The third-order valence-corrected chi connectivity index (χ3v) is 10.1. The van der Waals surface area contributed by atoms with Gasteiger partial charge in [-0.1, -0.05) is 187 Å². The quantitative estimate of drug-likeness (QED) is 0.0308. The van der Waals surface area contributed by atoms with E-state index in [1.165, 1.54) is 96.3 Å². The first-order chi connectivity index (χ1) is 23.5. The molecule has 0 aromatic carbocycles. The average Bonchev–Trinajstić information content (AvgIpc) is 3.09. The van der Waals surface area contributed by atoms with E-state index in [2.05, 4.69) is 45.1 Å². The number of hydrogen-bond donors (Lipinski definition) is 1. The van der Waals surface area contributed by atoms with Crippen LogP contribution < -0.4 is 0 Å². The fourth-order valence-corrected chi connectivity index (χ4v) is 6.72. The van der Waals surface area contributed by atoms with Crippen LogP contribution in [-0.4, -0.2) is 29.1 Å². The molecule has 48 heavy (non-hydrogen) atoms. The highest BCUT2D eigenvalue weighted by Gasteiger charge is 2.50. The highest BCUT2D eigenvalue weighted by atomic mass is 16.6. The van der Waals surface area contributed by atoms with Gasteiger partial charge in [-0.25, -0.2) is 4.79 Å². The van der Waals surface area contributed by atoms with Gasteiger partial charge >= 0.3 is 5.97 Å². The van der Waals surface area contributed by atoms with Crippen LogP contribution in [0.5, 0.6) is 0 Å². The minimum atomic E-state index is -2.01. The molecule has 0 aromatic rings. The third kappa shape index (κ3) is 25.5. The Morgan fingerprint density at radius 3 is 1.48 bits per heavy atom. The molecule has 2 atom stereocenters. The van der Waals surface area contributed by atoms with E-state index in [1.54, 1.807) is 0 Å². The maximum atomic E-state index is 13.5. The molecule has 2 unspecified atom stereocenters. The van der Waals surface area contributed by atoms with Crippen molar-refractivity contribution in [2.24, 2.45) is 5.92 Å². The van der Waals surface area contributed by atoms with Crippen LogP contribution in [0, 0.1) is 5.92 Å². The molecule has 282 valence electrons. The van der Waals surface area contributed by atoms with Crippen LogP contribution >= 0.6 is 0 Å². The van der Waals surface area contributed by atoms with Crippen LogP contribution in [0.15, 0.2) is 24.3 Å². The summed E-state index contributed by atoms with van der Waals surface area (Å²) >= 11 is 0. The Labute approximate surface area is 299 Å². The van der Waals surface area contributed by atoms with Crippen LogP contribution in [-0.2, 0) is 14.3 Å². The number of hydrogen-bond acceptors (Lipinski definition) is 4. The third-order valence-electron chi connectivity index (χ3n) is 10.1. The van der Waals surface area contributed by atoms with Gasteiger partial charge in [-0.05, 0) is 57.8 Å². The van der Waals surface area contributed by atoms with Crippen molar-refractivity contribution in [2.45, 2.75) is 232 Å². The molecule has 0 fully saturated rings. The minimum Gasteiger partial charge on any atom is -0.463 e. The molecule has 0 amide bonds. The predicted octanol–water partition coefficient (Wildman–Crippen LogP) is 13.7. The van der Waals surface area contributed by atoms with Crippen molar-refractivity contribution in [1.82, 2.24) is 0 Å². The summed E-state index contributed by atoms with van der Waals surface area (Å²) in [5.74, 6) is -1.40. The first kappa shape index (κ1) is 46.6. The summed E-state index contributed by atoms with van der Waals surface area (Å²) in [5, 5.41) is 11.8. The SMILES string of the molecule is CCCCC/C=C\C/C=C\CCCCCCCC(=O)C(O)(C(=O)OCCCCCC)C(CC)CCCCCCCCCCCCCCC. The maximum absolute atomic E-state index is 13.5. The number of ether oxygens (including phenoxy) is 1. The van der Waals surface area contributed by atoms with Gasteiger partial charge in [0.25, 0.3) is 0 Å². The number of carbonyl (C=O) groups is 2. The number of ketones is 1. The smallest absolute Gasteiger partial charge is 0.346 e. The lowest BCUT2D eigenvalue weighted by atomic mass is 9.77. The number of rotatable bonds is 37. The van der Waals surface area contributed by atoms with Crippen LogP contribution in [0.1, 0.15) is 227 Å². The minimum absolute atomic E-state index is 0.251. The van der Waals surface area contributed by atoms with Crippen molar-refractivity contribution in [3.05, 3.63) is 24.3 Å². The lowest BCUT2D eigenvalue weighted by Crippen LogP contribution is -2.53. The van der Waals surface area contributed by atoms with Crippen molar-refractivity contribution in [3.8, 4) is 0 Å². The van der Waals surface area contributed by atoms with Gasteiger partial charge in [0.1, 0.15) is 0 Å². The first-order valence-electron chi connectivity index (χ1n) is 21.2. The summed E-state index contributed by atoms with van der Waals surface area (Å²) in [7, 11) is 0. The molecular formula is C44H82O4. The molecule has 0 radical (unpaired) electrons. The molecule has 0 spiro atoms. The first-order valence-corrected chi connectivity index (χ1v) is 21.2. The molecule has 0 aromatic heterocycles. The van der Waals surface area contributed by atoms with Gasteiger partial charge in [0.15, 0.2) is 5.78 Å². The van der Waals surface area contributed by atoms with Crippen LogP contribution in [0.2, 0.25) is 0 Å². The van der Waals surface area contributed by atoms with Gasteiger partial charge in [-0.15, -0.1) is 0 Å². The van der Waals surface area contributed by atoms with E-state index in [-0.39, 0.29) is 24.7 Å². The second-order valence-electron chi connectivity index (χ2n) is 14.5. The second-order valence-corrected chi connectivity index (χ2v) is 14.5. The molecule has 4 heteroatoms. The van der Waals surface area contributed by atoms with Gasteiger partial charge in [-0.3, -0.25) is 4.79 Å². The van der Waals surface area contributed by atoms with Gasteiger partial charge in [0.2, 0.25) is 5.60 Å². The van der Waals surface area contributed by atoms with Gasteiger partial charge in [-0.2, -0.15) is 0 Å². The van der Waals surface area contributed by atoms with Crippen LogP contribution in [0.3, 0.4) is 0 Å². The number of unbranched alkanes of at least 4 members (excludes halogenated alkanes) is 23. The summed E-state index contributed by atoms with van der Waals surface area (Å²) < 4.78 is 5.58. The second kappa shape index (κ2) is 35.4. The van der Waals surface area contributed by atoms with Crippen molar-refractivity contribution in [3.63, 3.8) is 0 Å². The Balaban J connectivity index is 4.57. The number of carbonyl (C=O) groups excluding carboxylic acids is 2. The molecule has 0 saturated heterocycles. The molecule has 4 nitrogen and oxygen atoms in total. The normalized spacial score (nSPS) is 13.8. The largest absolute Gasteiger partial charge is 0.463 e. The van der Waals surface area contributed by atoms with Gasteiger partial charge < -0.3 is 9.84 Å². The number of aliphatic hydroxyl groups is 1. The summed E-state index contributed by atoms with van der Waals surface area (Å²) in [6, 6.07) is 0. The number of Topliss-reactive ketones (excluding diaryl/α,β-unsaturated/α-hetero) is 1. The van der Waals surface area contributed by atoms with Crippen molar-refractivity contribution >= 4 is 11.8 Å². The van der Waals surface area contributed by atoms with Crippen molar-refractivity contribution < 1.29 is 19.4 Å². The Kier molecular flexibility index (Phi) is 34.4. The van der Waals surface area contributed by atoms with E-state index in [0.29, 0.717) is 12.8 Å². The topological polar surface area (TPSA) is 63.6 Å². The zero-order valence-electron chi connectivity index (χ0n) is 32.7. The van der Waals surface area contributed by atoms with Crippen molar-refractivity contribution in [1.29, 1.82) is 0 Å². The highest BCUT2D eigenvalue weighted by Crippen LogP contribution is 2.31. The van der Waals surface area contributed by atoms with Gasteiger partial charge in [0.05, 0.1) is 6.61 Å². The molecular weight excluding hydrogens is 592 g/mol. The Morgan fingerprint density at radius 2 is 0.958 bits per heavy atom. The van der Waals surface area contributed by atoms with E-state index in [0.717, 1.165) is 83.5 Å². The summed E-state index contributed by atoms with van der Waals surface area (Å²) in [4.78, 5) is 26.9. The van der Waals surface area contributed by atoms with E-state index >= 15 is 0 Å². The zero-order chi connectivity index (χ0) is 35.4.